The Morgan fingerprint density at radius 1 is 0.760 bits per heavy atom. The van der Waals surface area contributed by atoms with Crippen LogP contribution >= 0.6 is 0 Å². The van der Waals surface area contributed by atoms with E-state index in [2.05, 4.69) is 36.5 Å². The van der Waals surface area contributed by atoms with Gasteiger partial charge in [-0.1, -0.05) is 91.0 Å². The fourth-order valence-corrected chi connectivity index (χ4v) is 3.16. The predicted molar refractivity (Wildman–Crippen MR) is 102 cm³/mol. The second-order valence-corrected chi connectivity index (χ2v) is 6.57. The summed E-state index contributed by atoms with van der Waals surface area (Å²) in [6.45, 7) is 2.10. The average Bonchev–Trinajstić information content (AvgIpc) is 2.64. The molecule has 3 aromatic carbocycles. The van der Waals surface area contributed by atoms with Gasteiger partial charge in [0.15, 0.2) is 0 Å². The Kier molecular flexibility index (Phi) is 5.30. The van der Waals surface area contributed by atoms with Gasteiger partial charge in [-0.05, 0) is 30.0 Å². The Morgan fingerprint density at radius 3 is 1.80 bits per heavy atom. The topological polar surface area (TPSA) is 29.1 Å². The molecule has 1 unspecified atom stereocenters. The first kappa shape index (κ1) is 17.0. The number of amides is 1. The molecule has 1 atom stereocenters. The van der Waals surface area contributed by atoms with Crippen molar-refractivity contribution in [3.8, 4) is 0 Å². The molecule has 0 aliphatic rings. The summed E-state index contributed by atoms with van der Waals surface area (Å²) in [5, 5.41) is 3.27. The maximum absolute atomic E-state index is 12.7. The van der Waals surface area contributed by atoms with Crippen LogP contribution in [0.3, 0.4) is 0 Å². The van der Waals surface area contributed by atoms with Crippen molar-refractivity contribution < 1.29 is 4.79 Å². The first-order valence-corrected chi connectivity index (χ1v) is 8.60. The standard InChI is InChI=1S/C23H23NO/c1-23(21-15-9-4-10-16-21,18-20-13-7-3-8-14-20)24-22(25)17-19-11-5-2-6-12-19/h2-16H,17-18H2,1H3,(H,24,25). The van der Waals surface area contributed by atoms with E-state index in [0.29, 0.717) is 6.42 Å². The molecule has 0 fully saturated rings. The highest BCUT2D eigenvalue weighted by atomic mass is 16.1. The number of benzene rings is 3. The van der Waals surface area contributed by atoms with E-state index in [1.54, 1.807) is 0 Å². The minimum Gasteiger partial charge on any atom is -0.346 e. The van der Waals surface area contributed by atoms with Crippen molar-refractivity contribution in [2.45, 2.75) is 25.3 Å². The SMILES string of the molecule is CC(Cc1ccccc1)(NC(=O)Cc1ccccc1)c1ccccc1. The molecule has 0 saturated carbocycles. The third kappa shape index (κ3) is 4.57. The average molecular weight is 329 g/mol. The molecule has 0 aliphatic carbocycles. The van der Waals surface area contributed by atoms with E-state index in [4.69, 9.17) is 0 Å². The summed E-state index contributed by atoms with van der Waals surface area (Å²) in [6.07, 6.45) is 1.14. The van der Waals surface area contributed by atoms with Crippen molar-refractivity contribution in [3.05, 3.63) is 108 Å². The molecule has 0 radical (unpaired) electrons. The van der Waals surface area contributed by atoms with Crippen molar-refractivity contribution in [1.82, 2.24) is 5.32 Å². The molecule has 3 rings (SSSR count). The summed E-state index contributed by atoms with van der Waals surface area (Å²) in [4.78, 5) is 12.7. The van der Waals surface area contributed by atoms with Crippen LogP contribution in [0.1, 0.15) is 23.6 Å². The second kappa shape index (κ2) is 7.80. The van der Waals surface area contributed by atoms with Crippen molar-refractivity contribution in [2.75, 3.05) is 0 Å². The van der Waals surface area contributed by atoms with Gasteiger partial charge in [-0.25, -0.2) is 0 Å². The summed E-state index contributed by atoms with van der Waals surface area (Å²) in [5.41, 5.74) is 2.89. The first-order chi connectivity index (χ1) is 12.2. The molecule has 25 heavy (non-hydrogen) atoms. The Morgan fingerprint density at radius 2 is 1.24 bits per heavy atom. The van der Waals surface area contributed by atoms with Gasteiger partial charge < -0.3 is 5.32 Å². The number of hydrogen-bond donors (Lipinski definition) is 1. The van der Waals surface area contributed by atoms with E-state index in [0.717, 1.165) is 17.5 Å². The number of carbonyl (C=O) groups excluding carboxylic acids is 1. The van der Waals surface area contributed by atoms with Crippen LogP contribution in [0.4, 0.5) is 0 Å². The summed E-state index contributed by atoms with van der Waals surface area (Å²) >= 11 is 0. The van der Waals surface area contributed by atoms with Crippen LogP contribution in [0.2, 0.25) is 0 Å². The molecular formula is C23H23NO. The monoisotopic (exact) mass is 329 g/mol. The van der Waals surface area contributed by atoms with E-state index in [1.165, 1.54) is 5.56 Å². The van der Waals surface area contributed by atoms with Gasteiger partial charge in [0.2, 0.25) is 5.91 Å². The molecule has 0 heterocycles. The van der Waals surface area contributed by atoms with Crippen molar-refractivity contribution in [3.63, 3.8) is 0 Å². The van der Waals surface area contributed by atoms with E-state index in [-0.39, 0.29) is 5.91 Å². The molecule has 0 spiro atoms. The zero-order valence-electron chi connectivity index (χ0n) is 14.5. The third-order valence-electron chi connectivity index (χ3n) is 4.43. The number of rotatable bonds is 6. The normalized spacial score (nSPS) is 13.0. The maximum atomic E-state index is 12.7. The smallest absolute Gasteiger partial charge is 0.225 e. The number of carbonyl (C=O) groups is 1. The van der Waals surface area contributed by atoms with Gasteiger partial charge in [-0.15, -0.1) is 0 Å². The summed E-state index contributed by atoms with van der Waals surface area (Å²) in [5.74, 6) is 0.0356. The van der Waals surface area contributed by atoms with E-state index in [9.17, 15) is 4.79 Å². The Balaban J connectivity index is 1.82. The summed E-state index contributed by atoms with van der Waals surface area (Å²) < 4.78 is 0. The van der Waals surface area contributed by atoms with Crippen LogP contribution in [0.15, 0.2) is 91.0 Å². The fourth-order valence-electron chi connectivity index (χ4n) is 3.16. The van der Waals surface area contributed by atoms with Gasteiger partial charge in [0, 0.05) is 0 Å². The van der Waals surface area contributed by atoms with Crippen molar-refractivity contribution in [2.24, 2.45) is 0 Å². The van der Waals surface area contributed by atoms with E-state index in [1.807, 2.05) is 66.7 Å². The molecule has 126 valence electrons. The fraction of sp³-hybridized carbons (Fsp3) is 0.174. The Bertz CT molecular complexity index is 799. The highest BCUT2D eigenvalue weighted by Crippen LogP contribution is 2.25. The van der Waals surface area contributed by atoms with Gasteiger partial charge in [0.1, 0.15) is 0 Å². The van der Waals surface area contributed by atoms with Crippen LogP contribution in [-0.2, 0) is 23.2 Å². The predicted octanol–water partition coefficient (Wildman–Crippen LogP) is 4.50. The van der Waals surface area contributed by atoms with Crippen LogP contribution in [0, 0.1) is 0 Å². The highest BCUT2D eigenvalue weighted by molar-refractivity contribution is 5.79. The van der Waals surface area contributed by atoms with Gasteiger partial charge in [0.25, 0.3) is 0 Å². The Labute approximate surface area is 149 Å². The zero-order chi connectivity index (χ0) is 17.5. The minimum absolute atomic E-state index is 0.0356. The van der Waals surface area contributed by atoms with Crippen molar-refractivity contribution in [1.29, 1.82) is 0 Å². The molecule has 1 amide bonds. The molecule has 0 bridgehead atoms. The minimum atomic E-state index is -0.450. The van der Waals surface area contributed by atoms with Gasteiger partial charge in [-0.3, -0.25) is 4.79 Å². The van der Waals surface area contributed by atoms with Gasteiger partial charge in [0.05, 0.1) is 12.0 Å². The van der Waals surface area contributed by atoms with Crippen molar-refractivity contribution >= 4 is 5.91 Å². The largest absolute Gasteiger partial charge is 0.346 e. The lowest BCUT2D eigenvalue weighted by atomic mass is 9.85. The number of hydrogen-bond acceptors (Lipinski definition) is 1. The highest BCUT2D eigenvalue weighted by Gasteiger charge is 2.28. The van der Waals surface area contributed by atoms with Crippen LogP contribution in [0.25, 0.3) is 0 Å². The number of nitrogens with one attached hydrogen (secondary N) is 1. The molecule has 0 aromatic heterocycles. The molecule has 1 N–H and O–H groups in total. The lowest BCUT2D eigenvalue weighted by Crippen LogP contribution is -2.45. The maximum Gasteiger partial charge on any atom is 0.225 e. The summed E-state index contributed by atoms with van der Waals surface area (Å²) in [6, 6.07) is 30.3. The summed E-state index contributed by atoms with van der Waals surface area (Å²) in [7, 11) is 0. The molecular weight excluding hydrogens is 306 g/mol. The first-order valence-electron chi connectivity index (χ1n) is 8.60. The third-order valence-corrected chi connectivity index (χ3v) is 4.43. The van der Waals surface area contributed by atoms with Crippen LogP contribution in [-0.4, -0.2) is 5.91 Å². The molecule has 2 heteroatoms. The van der Waals surface area contributed by atoms with E-state index >= 15 is 0 Å². The zero-order valence-corrected chi connectivity index (χ0v) is 14.5. The molecule has 0 saturated heterocycles. The molecule has 3 aromatic rings. The molecule has 0 aliphatic heterocycles. The van der Waals surface area contributed by atoms with E-state index < -0.39 is 5.54 Å². The quantitative estimate of drug-likeness (QED) is 0.708. The van der Waals surface area contributed by atoms with Gasteiger partial charge in [-0.2, -0.15) is 0 Å². The van der Waals surface area contributed by atoms with Gasteiger partial charge >= 0.3 is 0 Å². The lowest BCUT2D eigenvalue weighted by Gasteiger charge is -2.32. The van der Waals surface area contributed by atoms with Crippen LogP contribution in [0.5, 0.6) is 0 Å². The second-order valence-electron chi connectivity index (χ2n) is 6.57. The lowest BCUT2D eigenvalue weighted by molar-refractivity contribution is -0.122. The Hall–Kier alpha value is -2.87. The van der Waals surface area contributed by atoms with Crippen LogP contribution < -0.4 is 5.32 Å². The molecule has 2 nitrogen and oxygen atoms in total.